The molecule has 1 rings (SSSR count). The average Bonchev–Trinajstić information content (AvgIpc) is 2.45. The van der Waals surface area contributed by atoms with Crippen LogP contribution in [0, 0.1) is 12.3 Å². The molecule has 0 amide bonds. The summed E-state index contributed by atoms with van der Waals surface area (Å²) in [6.07, 6.45) is 0.837. The van der Waals surface area contributed by atoms with Crippen molar-refractivity contribution in [3.8, 4) is 0 Å². The Labute approximate surface area is 121 Å². The van der Waals surface area contributed by atoms with Crippen LogP contribution in [-0.2, 0) is 10.0 Å². The molecule has 0 aliphatic heterocycles. The normalized spacial score (nSPS) is 14.8. The van der Waals surface area contributed by atoms with Gasteiger partial charge in [-0.1, -0.05) is 19.9 Å². The quantitative estimate of drug-likeness (QED) is 0.716. The lowest BCUT2D eigenvalue weighted by Gasteiger charge is -2.27. The Morgan fingerprint density at radius 2 is 2.00 bits per heavy atom. The van der Waals surface area contributed by atoms with Crippen molar-refractivity contribution in [2.75, 3.05) is 25.5 Å². The predicted octanol–water partition coefficient (Wildman–Crippen LogP) is 1.72. The maximum atomic E-state index is 11.8. The van der Waals surface area contributed by atoms with Crippen LogP contribution < -0.4 is 10.0 Å². The van der Waals surface area contributed by atoms with Gasteiger partial charge in [0.25, 0.3) is 0 Å². The zero-order valence-corrected chi connectivity index (χ0v) is 13.3. The molecule has 0 radical (unpaired) electrons. The van der Waals surface area contributed by atoms with E-state index in [1.807, 2.05) is 20.8 Å². The first-order chi connectivity index (χ1) is 9.28. The maximum absolute atomic E-state index is 11.8. The first-order valence-electron chi connectivity index (χ1n) is 6.67. The Morgan fingerprint density at radius 3 is 2.50 bits per heavy atom. The molecule has 114 valence electrons. The second-order valence-corrected chi connectivity index (χ2v) is 7.25. The third-order valence-corrected chi connectivity index (χ3v) is 5.14. The largest absolute Gasteiger partial charge is 0.396 e. The fourth-order valence-electron chi connectivity index (χ4n) is 1.68. The number of benzene rings is 1. The number of aliphatic hydroxyl groups is 1. The molecule has 6 heteroatoms. The van der Waals surface area contributed by atoms with E-state index in [2.05, 4.69) is 10.0 Å². The van der Waals surface area contributed by atoms with Gasteiger partial charge in [-0.25, -0.2) is 13.1 Å². The molecule has 1 aromatic carbocycles. The molecule has 5 nitrogen and oxygen atoms in total. The molecule has 0 aromatic heterocycles. The van der Waals surface area contributed by atoms with Gasteiger partial charge in [0.2, 0.25) is 10.0 Å². The van der Waals surface area contributed by atoms with Gasteiger partial charge >= 0.3 is 0 Å². The molecular formula is C14H24N2O3S. The Morgan fingerprint density at radius 1 is 1.35 bits per heavy atom. The van der Waals surface area contributed by atoms with Crippen molar-refractivity contribution in [1.82, 2.24) is 4.72 Å². The van der Waals surface area contributed by atoms with E-state index in [0.717, 1.165) is 17.7 Å². The summed E-state index contributed by atoms with van der Waals surface area (Å²) in [7, 11) is -2.05. The molecule has 1 aromatic rings. The molecule has 0 fully saturated rings. The van der Waals surface area contributed by atoms with Crippen LogP contribution in [0.2, 0.25) is 0 Å². The summed E-state index contributed by atoms with van der Waals surface area (Å²) < 4.78 is 25.9. The highest BCUT2D eigenvalue weighted by Gasteiger charge is 2.21. The van der Waals surface area contributed by atoms with Gasteiger partial charge in [-0.2, -0.15) is 0 Å². The van der Waals surface area contributed by atoms with Gasteiger partial charge < -0.3 is 10.4 Å². The Bertz CT molecular complexity index is 552. The van der Waals surface area contributed by atoms with Crippen LogP contribution in [0.25, 0.3) is 0 Å². The molecule has 0 aliphatic carbocycles. The molecule has 1 atom stereocenters. The molecule has 0 saturated heterocycles. The molecule has 3 N–H and O–H groups in total. The van der Waals surface area contributed by atoms with Crippen molar-refractivity contribution < 1.29 is 13.5 Å². The average molecular weight is 300 g/mol. The second kappa shape index (κ2) is 6.56. The van der Waals surface area contributed by atoms with E-state index >= 15 is 0 Å². The molecule has 20 heavy (non-hydrogen) atoms. The topological polar surface area (TPSA) is 78.4 Å². The van der Waals surface area contributed by atoms with Crippen LogP contribution in [0.5, 0.6) is 0 Å². The number of aryl methyl sites for hydroxylation is 1. The lowest BCUT2D eigenvalue weighted by atomic mass is 9.88. The van der Waals surface area contributed by atoms with Gasteiger partial charge in [-0.3, -0.25) is 0 Å². The number of sulfonamides is 1. The third-order valence-electron chi connectivity index (χ3n) is 3.73. The van der Waals surface area contributed by atoms with Crippen LogP contribution in [-0.4, -0.2) is 33.7 Å². The summed E-state index contributed by atoms with van der Waals surface area (Å²) in [6, 6.07) is 4.97. The number of hydrogen-bond acceptors (Lipinski definition) is 4. The Hall–Kier alpha value is -1.11. The van der Waals surface area contributed by atoms with Crippen molar-refractivity contribution in [2.24, 2.45) is 5.41 Å². The molecule has 1 unspecified atom stereocenters. The zero-order chi connectivity index (χ0) is 15.4. The van der Waals surface area contributed by atoms with E-state index < -0.39 is 10.0 Å². The zero-order valence-electron chi connectivity index (χ0n) is 12.5. The molecule has 0 heterocycles. The van der Waals surface area contributed by atoms with E-state index in [9.17, 15) is 13.5 Å². The number of anilines is 1. The SMILES string of the molecule is CCC(C)(CO)CNc1cc(S(=O)(=O)NC)ccc1C. The highest BCUT2D eigenvalue weighted by atomic mass is 32.2. The van der Waals surface area contributed by atoms with Crippen LogP contribution in [0.4, 0.5) is 5.69 Å². The first kappa shape index (κ1) is 16.9. The van der Waals surface area contributed by atoms with E-state index in [4.69, 9.17) is 0 Å². The smallest absolute Gasteiger partial charge is 0.240 e. The number of nitrogens with one attached hydrogen (secondary N) is 2. The van der Waals surface area contributed by atoms with Crippen molar-refractivity contribution in [2.45, 2.75) is 32.1 Å². The van der Waals surface area contributed by atoms with E-state index in [1.54, 1.807) is 18.2 Å². The fourth-order valence-corrected chi connectivity index (χ4v) is 2.43. The highest BCUT2D eigenvalue weighted by Crippen LogP contribution is 2.24. The fraction of sp³-hybridized carbons (Fsp3) is 0.571. The van der Waals surface area contributed by atoms with Crippen molar-refractivity contribution in [3.05, 3.63) is 23.8 Å². The van der Waals surface area contributed by atoms with E-state index in [-0.39, 0.29) is 16.9 Å². The first-order valence-corrected chi connectivity index (χ1v) is 8.15. The predicted molar refractivity (Wildman–Crippen MR) is 81.4 cm³/mol. The maximum Gasteiger partial charge on any atom is 0.240 e. The van der Waals surface area contributed by atoms with E-state index in [1.165, 1.54) is 7.05 Å². The Balaban J connectivity index is 2.99. The van der Waals surface area contributed by atoms with Crippen molar-refractivity contribution in [1.29, 1.82) is 0 Å². The molecular weight excluding hydrogens is 276 g/mol. The molecule has 0 spiro atoms. The minimum absolute atomic E-state index is 0.0874. The van der Waals surface area contributed by atoms with Gasteiger partial charge in [-0.05, 0) is 38.1 Å². The standard InChI is InChI=1S/C14H24N2O3S/c1-5-14(3,10-17)9-16-13-8-12(7-6-11(13)2)20(18,19)15-4/h6-8,15-17H,5,9-10H2,1-4H3. The highest BCUT2D eigenvalue weighted by molar-refractivity contribution is 7.89. The summed E-state index contributed by atoms with van der Waals surface area (Å²) in [5.41, 5.74) is 1.52. The van der Waals surface area contributed by atoms with Crippen molar-refractivity contribution in [3.63, 3.8) is 0 Å². The van der Waals surface area contributed by atoms with Gasteiger partial charge in [-0.15, -0.1) is 0 Å². The summed E-state index contributed by atoms with van der Waals surface area (Å²) in [4.78, 5) is 0.232. The Kier molecular flexibility index (Phi) is 5.56. The van der Waals surface area contributed by atoms with Gasteiger partial charge in [0.15, 0.2) is 0 Å². The van der Waals surface area contributed by atoms with Gasteiger partial charge in [0.05, 0.1) is 11.5 Å². The number of hydrogen-bond donors (Lipinski definition) is 3. The lowest BCUT2D eigenvalue weighted by molar-refractivity contribution is 0.149. The minimum Gasteiger partial charge on any atom is -0.396 e. The van der Waals surface area contributed by atoms with Crippen LogP contribution in [0.15, 0.2) is 23.1 Å². The third kappa shape index (κ3) is 3.94. The summed E-state index contributed by atoms with van der Waals surface area (Å²) in [5, 5.41) is 12.6. The summed E-state index contributed by atoms with van der Waals surface area (Å²) in [6.45, 7) is 6.60. The van der Waals surface area contributed by atoms with Crippen molar-refractivity contribution >= 4 is 15.7 Å². The number of aliphatic hydroxyl groups excluding tert-OH is 1. The summed E-state index contributed by atoms with van der Waals surface area (Å²) in [5.74, 6) is 0. The summed E-state index contributed by atoms with van der Waals surface area (Å²) >= 11 is 0. The monoisotopic (exact) mass is 300 g/mol. The molecule has 0 aliphatic rings. The van der Waals surface area contributed by atoms with Crippen LogP contribution >= 0.6 is 0 Å². The van der Waals surface area contributed by atoms with Gasteiger partial charge in [0, 0.05) is 17.6 Å². The van der Waals surface area contributed by atoms with E-state index in [0.29, 0.717) is 6.54 Å². The van der Waals surface area contributed by atoms with Crippen LogP contribution in [0.1, 0.15) is 25.8 Å². The molecule has 0 bridgehead atoms. The van der Waals surface area contributed by atoms with Gasteiger partial charge in [0.1, 0.15) is 0 Å². The lowest BCUT2D eigenvalue weighted by Crippen LogP contribution is -2.29. The minimum atomic E-state index is -3.44. The molecule has 0 saturated carbocycles. The number of rotatable bonds is 7. The van der Waals surface area contributed by atoms with Crippen LogP contribution in [0.3, 0.4) is 0 Å². The second-order valence-electron chi connectivity index (χ2n) is 5.36.